The number of ether oxygens (including phenoxy) is 2. The number of anilines is 2. The molecule has 0 radical (unpaired) electrons. The number of hydrogen-bond donors (Lipinski definition) is 0. The zero-order valence-corrected chi connectivity index (χ0v) is 26.2. The molecule has 1 aliphatic heterocycles. The molecule has 2 atom stereocenters. The zero-order chi connectivity index (χ0) is 36.2. The number of hydrogen-bond acceptors (Lipinski definition) is 8. The van der Waals surface area contributed by atoms with Gasteiger partial charge in [0.15, 0.2) is 6.54 Å². The highest BCUT2D eigenvalue weighted by Crippen LogP contribution is 2.47. The second-order valence-electron chi connectivity index (χ2n) is 9.98. The second kappa shape index (κ2) is 14.7. The first-order chi connectivity index (χ1) is 22.4. The van der Waals surface area contributed by atoms with Crippen LogP contribution in [0.4, 0.5) is 55.7 Å². The Balaban J connectivity index is 0.00000307. The lowest BCUT2D eigenvalue weighted by Crippen LogP contribution is -2.53. The Morgan fingerprint density at radius 3 is 1.96 bits per heavy atom. The molecular formula is C29H31F9N6O4. The SMILES string of the molecule is CC.CCOC(=O)N1c2ccc(C(F)(F)F)cc2N(C(c2cc(C(F)(F)F)cc(C(F)(F)F)c2)c2nnn(CC(=O)OC)n2)CC1CC. The molecule has 0 fully saturated rings. The van der Waals surface area contributed by atoms with Gasteiger partial charge in [0.25, 0.3) is 0 Å². The standard InChI is InChI=1S/C27H25F9N6O4.C2H6/c1-4-18-12-40(20-11-15(25(28,29)30)6-7-19(20)42(18)24(44)46-5-2)22(23-37-39-41(38-23)13-21(43)45-3)14-8-16(26(31,32)33)10-17(9-14)27(34,35)36;1-2/h6-11,18,22H,4-5,12-13H2,1-3H3;1-2H3. The lowest BCUT2D eigenvalue weighted by Gasteiger charge is -2.45. The molecule has 3 aromatic rings. The van der Waals surface area contributed by atoms with Crippen LogP contribution in [-0.2, 0) is 39.3 Å². The highest BCUT2D eigenvalue weighted by Gasteiger charge is 2.44. The molecule has 264 valence electrons. The molecular weight excluding hydrogens is 667 g/mol. The van der Waals surface area contributed by atoms with Crippen molar-refractivity contribution in [3.05, 3.63) is 64.5 Å². The number of methoxy groups -OCH3 is 1. The summed E-state index contributed by atoms with van der Waals surface area (Å²) in [7, 11) is 1.04. The third-order valence-electron chi connectivity index (χ3n) is 7.03. The summed E-state index contributed by atoms with van der Waals surface area (Å²) >= 11 is 0. The van der Waals surface area contributed by atoms with Crippen molar-refractivity contribution in [3.63, 3.8) is 0 Å². The summed E-state index contributed by atoms with van der Waals surface area (Å²) in [5.74, 6) is -1.44. The molecule has 4 rings (SSSR count). The number of amides is 1. The predicted molar refractivity (Wildman–Crippen MR) is 152 cm³/mol. The number of carbonyl (C=O) groups excluding carboxylic acids is 2. The fourth-order valence-electron chi connectivity index (χ4n) is 4.95. The molecule has 1 aromatic heterocycles. The smallest absolute Gasteiger partial charge is 0.416 e. The summed E-state index contributed by atoms with van der Waals surface area (Å²) in [6.45, 7) is 5.92. The Kier molecular flexibility index (Phi) is 11.6. The fraction of sp³-hybridized carbons (Fsp3) is 0.483. The summed E-state index contributed by atoms with van der Waals surface area (Å²) in [6, 6.07) is 0.185. The minimum Gasteiger partial charge on any atom is -0.468 e. The number of halogens is 9. The summed E-state index contributed by atoms with van der Waals surface area (Å²) in [5, 5.41) is 11.4. The van der Waals surface area contributed by atoms with E-state index in [1.807, 2.05) is 13.8 Å². The van der Waals surface area contributed by atoms with Crippen LogP contribution in [-0.4, -0.2) is 58.6 Å². The maximum atomic E-state index is 13.9. The molecule has 19 heteroatoms. The molecule has 0 aliphatic carbocycles. The van der Waals surface area contributed by atoms with Crippen LogP contribution >= 0.6 is 0 Å². The molecule has 2 aromatic carbocycles. The van der Waals surface area contributed by atoms with Crippen LogP contribution in [0, 0.1) is 0 Å². The average molecular weight is 699 g/mol. The van der Waals surface area contributed by atoms with Gasteiger partial charge in [-0.25, -0.2) is 9.59 Å². The van der Waals surface area contributed by atoms with Gasteiger partial charge in [-0.05, 0) is 60.5 Å². The van der Waals surface area contributed by atoms with Gasteiger partial charge >= 0.3 is 30.6 Å². The summed E-state index contributed by atoms with van der Waals surface area (Å²) in [5.41, 5.74) is -5.90. The van der Waals surface area contributed by atoms with Gasteiger partial charge in [-0.1, -0.05) is 20.8 Å². The minimum absolute atomic E-state index is 0.105. The number of rotatable bonds is 7. The third-order valence-corrected chi connectivity index (χ3v) is 7.03. The van der Waals surface area contributed by atoms with Gasteiger partial charge in [0.05, 0.1) is 47.8 Å². The van der Waals surface area contributed by atoms with E-state index in [4.69, 9.17) is 4.74 Å². The van der Waals surface area contributed by atoms with E-state index in [2.05, 4.69) is 20.1 Å². The van der Waals surface area contributed by atoms with Gasteiger partial charge in [-0.15, -0.1) is 10.2 Å². The highest BCUT2D eigenvalue weighted by molar-refractivity contribution is 5.95. The van der Waals surface area contributed by atoms with E-state index in [-0.39, 0.29) is 24.8 Å². The zero-order valence-electron chi connectivity index (χ0n) is 26.2. The number of tetrazole rings is 1. The van der Waals surface area contributed by atoms with Crippen molar-refractivity contribution < 1.29 is 58.6 Å². The number of nitrogens with zero attached hydrogens (tertiary/aromatic N) is 6. The Morgan fingerprint density at radius 2 is 1.46 bits per heavy atom. The van der Waals surface area contributed by atoms with Gasteiger partial charge in [0, 0.05) is 6.54 Å². The van der Waals surface area contributed by atoms with E-state index in [0.29, 0.717) is 29.1 Å². The van der Waals surface area contributed by atoms with Gasteiger partial charge in [-0.3, -0.25) is 4.90 Å². The van der Waals surface area contributed by atoms with Crippen LogP contribution in [0.3, 0.4) is 0 Å². The Hall–Kier alpha value is -4.58. The summed E-state index contributed by atoms with van der Waals surface area (Å²) < 4.78 is 135. The van der Waals surface area contributed by atoms with Crippen LogP contribution in [0.5, 0.6) is 0 Å². The number of aromatic nitrogens is 4. The predicted octanol–water partition coefficient (Wildman–Crippen LogP) is 7.28. The van der Waals surface area contributed by atoms with Crippen LogP contribution in [0.1, 0.15) is 68.2 Å². The number of alkyl halides is 9. The van der Waals surface area contributed by atoms with Gasteiger partial charge in [0.1, 0.15) is 6.04 Å². The topological polar surface area (TPSA) is 103 Å². The van der Waals surface area contributed by atoms with E-state index >= 15 is 0 Å². The lowest BCUT2D eigenvalue weighted by atomic mass is 9.94. The van der Waals surface area contributed by atoms with E-state index < -0.39 is 89.5 Å². The van der Waals surface area contributed by atoms with Crippen LogP contribution in [0.25, 0.3) is 0 Å². The molecule has 48 heavy (non-hydrogen) atoms. The minimum atomic E-state index is -5.27. The van der Waals surface area contributed by atoms with Crippen LogP contribution in [0.2, 0.25) is 0 Å². The van der Waals surface area contributed by atoms with Crippen molar-refractivity contribution in [1.29, 1.82) is 0 Å². The maximum Gasteiger partial charge on any atom is 0.416 e. The quantitative estimate of drug-likeness (QED) is 0.188. The largest absolute Gasteiger partial charge is 0.468 e. The molecule has 0 spiro atoms. The Bertz CT molecular complexity index is 1560. The van der Waals surface area contributed by atoms with Crippen molar-refractivity contribution in [2.24, 2.45) is 0 Å². The Morgan fingerprint density at radius 1 is 0.875 bits per heavy atom. The highest BCUT2D eigenvalue weighted by atomic mass is 19.4. The van der Waals surface area contributed by atoms with Crippen molar-refractivity contribution in [1.82, 2.24) is 20.2 Å². The van der Waals surface area contributed by atoms with Crippen molar-refractivity contribution in [2.45, 2.75) is 71.3 Å². The van der Waals surface area contributed by atoms with Gasteiger partial charge in [0.2, 0.25) is 5.82 Å². The molecule has 0 saturated carbocycles. The lowest BCUT2D eigenvalue weighted by molar-refractivity contribution is -0.144. The number of esters is 1. The normalized spacial score (nSPS) is 15.7. The number of carbonyl (C=O) groups is 2. The molecule has 2 unspecified atom stereocenters. The first-order valence-corrected chi connectivity index (χ1v) is 14.5. The van der Waals surface area contributed by atoms with Gasteiger partial charge in [-0.2, -0.15) is 44.3 Å². The van der Waals surface area contributed by atoms with E-state index in [0.717, 1.165) is 23.0 Å². The fourth-order valence-corrected chi connectivity index (χ4v) is 4.95. The third kappa shape index (κ3) is 8.28. The Labute approximate surface area is 268 Å². The summed E-state index contributed by atoms with van der Waals surface area (Å²) in [4.78, 5) is 27.6. The van der Waals surface area contributed by atoms with Crippen LogP contribution in [0.15, 0.2) is 36.4 Å². The molecule has 0 N–H and O–H groups in total. The molecule has 1 amide bonds. The van der Waals surface area contributed by atoms with E-state index in [9.17, 15) is 49.1 Å². The summed E-state index contributed by atoms with van der Waals surface area (Å²) in [6.07, 6.45) is -16.3. The van der Waals surface area contributed by atoms with Crippen molar-refractivity contribution in [3.8, 4) is 0 Å². The molecule has 0 saturated heterocycles. The van der Waals surface area contributed by atoms with Gasteiger partial charge < -0.3 is 14.4 Å². The number of fused-ring (bicyclic) bond motifs is 1. The van der Waals surface area contributed by atoms with Crippen molar-refractivity contribution >= 4 is 23.4 Å². The van der Waals surface area contributed by atoms with Crippen molar-refractivity contribution in [2.75, 3.05) is 30.1 Å². The molecule has 0 bridgehead atoms. The first kappa shape index (κ1) is 37.9. The van der Waals surface area contributed by atoms with E-state index in [1.165, 1.54) is 6.92 Å². The molecule has 2 heterocycles. The van der Waals surface area contributed by atoms with Crippen LogP contribution < -0.4 is 9.80 Å². The second-order valence-corrected chi connectivity index (χ2v) is 9.98. The average Bonchev–Trinajstić information content (AvgIpc) is 3.47. The number of benzene rings is 2. The molecule has 1 aliphatic rings. The monoisotopic (exact) mass is 698 g/mol. The molecule has 10 nitrogen and oxygen atoms in total. The first-order valence-electron chi connectivity index (χ1n) is 14.5. The maximum absolute atomic E-state index is 13.9. The van der Waals surface area contributed by atoms with E-state index in [1.54, 1.807) is 6.92 Å².